The third kappa shape index (κ3) is 6.64. The Hall–Kier alpha value is -2.00. The molecule has 0 atom stereocenters. The fourth-order valence-electron chi connectivity index (χ4n) is 1.74. The van der Waals surface area contributed by atoms with Crippen LogP contribution in [0.1, 0.15) is 43.0 Å². The van der Waals surface area contributed by atoms with Crippen LogP contribution in [0.3, 0.4) is 0 Å². The van der Waals surface area contributed by atoms with Gasteiger partial charge < -0.3 is 4.74 Å². The van der Waals surface area contributed by atoms with Crippen LogP contribution in [-0.4, -0.2) is 24.0 Å². The third-order valence-electron chi connectivity index (χ3n) is 2.92. The molecule has 5 nitrogen and oxygen atoms in total. The van der Waals surface area contributed by atoms with Crippen LogP contribution in [-0.2, 0) is 4.74 Å². The van der Waals surface area contributed by atoms with E-state index in [0.717, 1.165) is 19.3 Å². The summed E-state index contributed by atoms with van der Waals surface area (Å²) in [5.41, 5.74) is 1.18. The highest BCUT2D eigenvalue weighted by atomic mass is 32.2. The number of amidine groups is 1. The molecule has 0 aromatic heterocycles. The Morgan fingerprint density at radius 1 is 1.32 bits per heavy atom. The quantitative estimate of drug-likeness (QED) is 0.206. The fraction of sp³-hybridized carbons (Fsp3) is 0.438. The highest BCUT2D eigenvalue weighted by Crippen LogP contribution is 2.15. The zero-order valence-corrected chi connectivity index (χ0v) is 13.8. The monoisotopic (exact) mass is 319 g/mol. The zero-order chi connectivity index (χ0) is 16.2. The van der Waals surface area contributed by atoms with Gasteiger partial charge in [-0.1, -0.05) is 37.9 Å². The van der Waals surface area contributed by atoms with E-state index in [9.17, 15) is 4.79 Å². The standard InChI is InChI=1S/C16H21N3O2S/c1-3-4-5-6-11-21-15(20)13-7-9-14(10-8-13)19-16(22-2)18-12-17/h7-10H,3-6,11H2,1-2H3,(H,18,19). The number of carbonyl (C=O) groups is 1. The maximum absolute atomic E-state index is 11.9. The Morgan fingerprint density at radius 2 is 2.05 bits per heavy atom. The normalized spacial score (nSPS) is 10.9. The van der Waals surface area contributed by atoms with Gasteiger partial charge in [0.1, 0.15) is 0 Å². The minimum atomic E-state index is -0.313. The van der Waals surface area contributed by atoms with Crippen molar-refractivity contribution in [2.75, 3.05) is 12.9 Å². The smallest absolute Gasteiger partial charge is 0.338 e. The average molecular weight is 319 g/mol. The number of benzene rings is 1. The third-order valence-corrected chi connectivity index (χ3v) is 3.50. The van der Waals surface area contributed by atoms with E-state index in [2.05, 4.69) is 17.2 Å². The molecule has 0 heterocycles. The average Bonchev–Trinajstić information content (AvgIpc) is 2.54. The molecule has 0 fully saturated rings. The number of hydrogen-bond donors (Lipinski definition) is 1. The topological polar surface area (TPSA) is 74.5 Å². The van der Waals surface area contributed by atoms with E-state index in [0.29, 0.717) is 23.0 Å². The van der Waals surface area contributed by atoms with Gasteiger partial charge in [0.2, 0.25) is 0 Å². The second-order valence-corrected chi connectivity index (χ2v) is 5.40. The molecule has 1 aromatic carbocycles. The molecule has 0 bridgehead atoms. The highest BCUT2D eigenvalue weighted by molar-refractivity contribution is 8.13. The molecule has 0 aliphatic carbocycles. The number of aliphatic imine (C=N–C) groups is 1. The van der Waals surface area contributed by atoms with Gasteiger partial charge in [-0.25, -0.2) is 9.79 Å². The molecular formula is C16H21N3O2S. The maximum Gasteiger partial charge on any atom is 0.338 e. The fourth-order valence-corrected chi connectivity index (χ4v) is 2.08. The Bertz CT molecular complexity index is 535. The lowest BCUT2D eigenvalue weighted by Crippen LogP contribution is -2.12. The number of rotatable bonds is 7. The van der Waals surface area contributed by atoms with Crippen LogP contribution in [0.5, 0.6) is 0 Å². The molecule has 0 aliphatic heterocycles. The molecule has 0 saturated heterocycles. The van der Waals surface area contributed by atoms with Crippen molar-refractivity contribution in [3.8, 4) is 6.19 Å². The van der Waals surface area contributed by atoms with Crippen LogP contribution in [0.4, 0.5) is 5.69 Å². The van der Waals surface area contributed by atoms with Gasteiger partial charge in [-0.15, -0.1) is 0 Å². The Morgan fingerprint density at radius 3 is 2.64 bits per heavy atom. The molecule has 0 unspecified atom stereocenters. The van der Waals surface area contributed by atoms with Crippen LogP contribution < -0.4 is 5.32 Å². The first-order chi connectivity index (χ1) is 10.7. The van der Waals surface area contributed by atoms with Gasteiger partial charge in [0.25, 0.3) is 0 Å². The number of hydrogen-bond acceptors (Lipinski definition) is 5. The Labute approximate surface area is 135 Å². The largest absolute Gasteiger partial charge is 0.462 e. The number of carbonyl (C=O) groups excluding carboxylic acids is 1. The molecule has 6 heteroatoms. The number of thioether (sulfide) groups is 1. The van der Waals surface area contributed by atoms with Crippen LogP contribution in [0.25, 0.3) is 0 Å². The number of ether oxygens (including phenoxy) is 1. The molecule has 0 spiro atoms. The predicted molar refractivity (Wildman–Crippen MR) is 90.2 cm³/mol. The van der Waals surface area contributed by atoms with Crippen molar-refractivity contribution in [1.82, 2.24) is 5.32 Å². The molecule has 1 rings (SSSR count). The van der Waals surface area contributed by atoms with Crippen molar-refractivity contribution in [1.29, 1.82) is 5.26 Å². The van der Waals surface area contributed by atoms with Gasteiger partial charge in [0, 0.05) is 0 Å². The van der Waals surface area contributed by atoms with Crippen molar-refractivity contribution in [2.24, 2.45) is 4.99 Å². The summed E-state index contributed by atoms with van der Waals surface area (Å²) in [5.74, 6) is -0.313. The number of unbranched alkanes of at least 4 members (excludes halogenated alkanes) is 3. The second kappa shape index (κ2) is 10.7. The van der Waals surface area contributed by atoms with E-state index in [-0.39, 0.29) is 5.97 Å². The number of esters is 1. The van der Waals surface area contributed by atoms with E-state index >= 15 is 0 Å². The second-order valence-electron chi connectivity index (χ2n) is 4.60. The van der Waals surface area contributed by atoms with E-state index in [4.69, 9.17) is 10.00 Å². The first-order valence-electron chi connectivity index (χ1n) is 7.26. The summed E-state index contributed by atoms with van der Waals surface area (Å²) in [6.07, 6.45) is 7.97. The van der Waals surface area contributed by atoms with Gasteiger partial charge in [-0.3, -0.25) is 5.32 Å². The molecule has 0 aliphatic rings. The summed E-state index contributed by atoms with van der Waals surface area (Å²) in [5, 5.41) is 11.6. The number of nitrogens with zero attached hydrogens (tertiary/aromatic N) is 2. The summed E-state index contributed by atoms with van der Waals surface area (Å²) in [6.45, 7) is 2.60. The van der Waals surface area contributed by atoms with E-state index in [1.54, 1.807) is 24.3 Å². The lowest BCUT2D eigenvalue weighted by Gasteiger charge is -2.05. The van der Waals surface area contributed by atoms with Crippen molar-refractivity contribution < 1.29 is 9.53 Å². The lowest BCUT2D eigenvalue weighted by molar-refractivity contribution is 0.0498. The first-order valence-corrected chi connectivity index (χ1v) is 8.48. The van der Waals surface area contributed by atoms with E-state index in [1.807, 2.05) is 12.4 Å². The molecule has 0 radical (unpaired) electrons. The van der Waals surface area contributed by atoms with E-state index < -0.39 is 0 Å². The van der Waals surface area contributed by atoms with Crippen molar-refractivity contribution in [3.05, 3.63) is 29.8 Å². The molecule has 0 saturated carbocycles. The van der Waals surface area contributed by atoms with Gasteiger partial charge >= 0.3 is 5.97 Å². The zero-order valence-electron chi connectivity index (χ0n) is 13.0. The molecule has 1 N–H and O–H groups in total. The predicted octanol–water partition coefficient (Wildman–Crippen LogP) is 3.84. The number of nitrogens with one attached hydrogen (secondary N) is 1. The molecule has 1 aromatic rings. The molecule has 118 valence electrons. The van der Waals surface area contributed by atoms with Crippen molar-refractivity contribution in [2.45, 2.75) is 32.6 Å². The Kier molecular flexibility index (Phi) is 8.77. The molecular weight excluding hydrogens is 298 g/mol. The summed E-state index contributed by atoms with van der Waals surface area (Å²) in [6, 6.07) is 6.81. The van der Waals surface area contributed by atoms with Crippen molar-refractivity contribution >= 4 is 28.6 Å². The van der Waals surface area contributed by atoms with Gasteiger partial charge in [-0.2, -0.15) is 5.26 Å². The van der Waals surface area contributed by atoms with E-state index in [1.165, 1.54) is 18.2 Å². The van der Waals surface area contributed by atoms with Crippen LogP contribution in [0.2, 0.25) is 0 Å². The molecule has 22 heavy (non-hydrogen) atoms. The van der Waals surface area contributed by atoms with Gasteiger partial charge in [0.05, 0.1) is 17.9 Å². The number of nitriles is 1. The Balaban J connectivity index is 2.53. The van der Waals surface area contributed by atoms with Gasteiger partial charge in [-0.05, 0) is 36.9 Å². The summed E-state index contributed by atoms with van der Waals surface area (Å²) in [4.78, 5) is 16.1. The van der Waals surface area contributed by atoms with Crippen LogP contribution >= 0.6 is 11.8 Å². The summed E-state index contributed by atoms with van der Waals surface area (Å²) in [7, 11) is 0. The first kappa shape index (κ1) is 18.1. The minimum Gasteiger partial charge on any atom is -0.462 e. The highest BCUT2D eigenvalue weighted by Gasteiger charge is 2.06. The summed E-state index contributed by atoms with van der Waals surface area (Å²) < 4.78 is 5.22. The summed E-state index contributed by atoms with van der Waals surface area (Å²) >= 11 is 1.34. The van der Waals surface area contributed by atoms with Crippen LogP contribution in [0, 0.1) is 11.5 Å². The minimum absolute atomic E-state index is 0.313. The van der Waals surface area contributed by atoms with Crippen molar-refractivity contribution in [3.63, 3.8) is 0 Å². The lowest BCUT2D eigenvalue weighted by atomic mass is 10.2. The van der Waals surface area contributed by atoms with Crippen LogP contribution in [0.15, 0.2) is 29.3 Å². The van der Waals surface area contributed by atoms with Gasteiger partial charge in [0.15, 0.2) is 11.4 Å². The molecule has 0 amide bonds. The maximum atomic E-state index is 11.9. The SMILES string of the molecule is CCCCCCOC(=O)c1ccc(N=C(NC#N)SC)cc1.